The molecular weight excluding hydrogens is 499 g/mol. The van der Waals surface area contributed by atoms with Crippen LogP contribution in [0.4, 0.5) is 5.69 Å². The summed E-state index contributed by atoms with van der Waals surface area (Å²) >= 11 is 19.0. The van der Waals surface area contributed by atoms with Crippen LogP contribution in [0.1, 0.15) is 15.2 Å². The van der Waals surface area contributed by atoms with Gasteiger partial charge in [0.1, 0.15) is 4.88 Å². The summed E-state index contributed by atoms with van der Waals surface area (Å²) in [6.45, 7) is 1.92. The van der Waals surface area contributed by atoms with Gasteiger partial charge in [-0.1, -0.05) is 29.3 Å². The molecule has 0 spiro atoms. The third-order valence-corrected chi connectivity index (χ3v) is 7.01. The Bertz CT molecular complexity index is 1530. The Balaban J connectivity index is 1.31. The van der Waals surface area contributed by atoms with Crippen LogP contribution >= 0.6 is 46.8 Å². The second kappa shape index (κ2) is 8.72. The molecule has 0 atom stereocenters. The highest BCUT2D eigenvalue weighted by Gasteiger charge is 2.19. The quantitative estimate of drug-likeness (QED) is 0.257. The maximum Gasteiger partial charge on any atom is 0.269 e. The lowest BCUT2D eigenvalue weighted by Gasteiger charge is -2.12. The number of hydrogen-bond acceptors (Lipinski definition) is 6. The number of nitrogens with one attached hydrogen (secondary N) is 2. The molecule has 2 N–H and O–H groups in total. The summed E-state index contributed by atoms with van der Waals surface area (Å²) in [6, 6.07) is 14.5. The van der Waals surface area contributed by atoms with Gasteiger partial charge in [0.15, 0.2) is 16.3 Å². The van der Waals surface area contributed by atoms with Crippen molar-refractivity contribution in [1.29, 1.82) is 0 Å². The van der Waals surface area contributed by atoms with Crippen LogP contribution in [0.5, 0.6) is 0 Å². The predicted molar refractivity (Wildman–Crippen MR) is 138 cm³/mol. The van der Waals surface area contributed by atoms with Crippen LogP contribution in [0.25, 0.3) is 32.8 Å². The Morgan fingerprint density at radius 2 is 2.00 bits per heavy atom. The molecule has 1 amide bonds. The topological polar surface area (TPSA) is 80.1 Å². The van der Waals surface area contributed by atoms with Crippen molar-refractivity contribution in [3.8, 4) is 11.5 Å². The number of nitrogens with zero attached hydrogens (tertiary/aromatic N) is 2. The molecule has 0 saturated carbocycles. The van der Waals surface area contributed by atoms with Gasteiger partial charge in [-0.05, 0) is 67.2 Å². The number of thiocarbonyl (C=S) groups is 1. The first-order valence-corrected chi connectivity index (χ1v) is 11.7. The number of fused-ring (bicyclic) bond motifs is 2. The number of thiophene rings is 1. The average molecular weight is 513 g/mol. The van der Waals surface area contributed by atoms with Gasteiger partial charge in [-0.15, -0.1) is 11.3 Å². The molecule has 0 aliphatic carbocycles. The summed E-state index contributed by atoms with van der Waals surface area (Å²) in [4.78, 5) is 21.7. The molecule has 0 saturated heterocycles. The highest BCUT2D eigenvalue weighted by atomic mass is 35.5. The van der Waals surface area contributed by atoms with Crippen molar-refractivity contribution >= 4 is 84.8 Å². The van der Waals surface area contributed by atoms with Gasteiger partial charge in [0.2, 0.25) is 5.89 Å². The highest BCUT2D eigenvalue weighted by molar-refractivity contribution is 7.80. The lowest BCUT2D eigenvalue weighted by Crippen LogP contribution is -2.34. The number of carbonyl (C=O) groups is 1. The summed E-state index contributed by atoms with van der Waals surface area (Å²) in [5.74, 6) is 0.0943. The molecule has 10 heteroatoms. The molecular formula is C23H14Cl2N4O2S2. The van der Waals surface area contributed by atoms with Crippen molar-refractivity contribution in [2.45, 2.75) is 6.92 Å². The largest absolute Gasteiger partial charge is 0.434 e. The molecule has 164 valence electrons. The lowest BCUT2D eigenvalue weighted by atomic mass is 10.1. The van der Waals surface area contributed by atoms with E-state index in [2.05, 4.69) is 20.6 Å². The zero-order valence-electron chi connectivity index (χ0n) is 17.0. The molecule has 0 unspecified atom stereocenters. The van der Waals surface area contributed by atoms with E-state index >= 15 is 0 Å². The predicted octanol–water partition coefficient (Wildman–Crippen LogP) is 6.85. The van der Waals surface area contributed by atoms with Crippen molar-refractivity contribution < 1.29 is 9.21 Å². The lowest BCUT2D eigenvalue weighted by molar-refractivity contribution is 0.0982. The number of benzene rings is 2. The number of oxazole rings is 1. The number of rotatable bonds is 3. The van der Waals surface area contributed by atoms with Crippen LogP contribution < -0.4 is 10.6 Å². The van der Waals surface area contributed by atoms with Crippen LogP contribution in [0, 0.1) is 6.92 Å². The minimum absolute atomic E-state index is 0.161. The molecule has 3 aromatic heterocycles. The van der Waals surface area contributed by atoms with E-state index < -0.39 is 0 Å². The molecule has 2 aromatic carbocycles. The van der Waals surface area contributed by atoms with Gasteiger partial charge in [0.25, 0.3) is 5.91 Å². The minimum atomic E-state index is -0.386. The van der Waals surface area contributed by atoms with Gasteiger partial charge in [0, 0.05) is 32.6 Å². The number of aryl methyl sites for hydroxylation is 1. The minimum Gasteiger partial charge on any atom is -0.434 e. The maximum atomic E-state index is 12.8. The normalized spacial score (nSPS) is 11.1. The summed E-state index contributed by atoms with van der Waals surface area (Å²) in [6.07, 6.45) is 1.67. The van der Waals surface area contributed by atoms with E-state index in [0.29, 0.717) is 32.0 Å². The SMILES string of the molecule is Cc1cc(-c2nc3ncccc3o2)ccc1NC(=S)NC(=O)c1sc2cc(Cl)ccc2c1Cl. The summed E-state index contributed by atoms with van der Waals surface area (Å²) in [5, 5.41) is 7.63. The Labute approximate surface area is 207 Å². The van der Waals surface area contributed by atoms with E-state index in [1.54, 1.807) is 30.5 Å². The van der Waals surface area contributed by atoms with Gasteiger partial charge >= 0.3 is 0 Å². The Hall–Kier alpha value is -3.04. The molecule has 0 aliphatic heterocycles. The average Bonchev–Trinajstić information content (AvgIpc) is 3.36. The molecule has 33 heavy (non-hydrogen) atoms. The molecule has 0 fully saturated rings. The second-order valence-electron chi connectivity index (χ2n) is 7.17. The van der Waals surface area contributed by atoms with Crippen molar-refractivity contribution in [3.05, 3.63) is 75.2 Å². The van der Waals surface area contributed by atoms with Crippen LogP contribution in [0.2, 0.25) is 10.0 Å². The van der Waals surface area contributed by atoms with Crippen molar-refractivity contribution in [2.24, 2.45) is 0 Å². The molecule has 0 bridgehead atoms. The Morgan fingerprint density at radius 1 is 1.15 bits per heavy atom. The number of halogens is 2. The number of amides is 1. The molecule has 0 radical (unpaired) electrons. The van der Waals surface area contributed by atoms with Gasteiger partial charge in [-0.2, -0.15) is 4.98 Å². The number of carbonyl (C=O) groups excluding carboxylic acids is 1. The highest BCUT2D eigenvalue weighted by Crippen LogP contribution is 2.36. The van der Waals surface area contributed by atoms with Crippen LogP contribution in [-0.4, -0.2) is 21.0 Å². The Kier molecular flexibility index (Phi) is 5.76. The summed E-state index contributed by atoms with van der Waals surface area (Å²) in [5.41, 5.74) is 3.62. The number of anilines is 1. The van der Waals surface area contributed by atoms with Gasteiger partial charge in [-0.25, -0.2) is 4.98 Å². The molecule has 5 aromatic rings. The van der Waals surface area contributed by atoms with Crippen LogP contribution in [0.15, 0.2) is 59.1 Å². The van der Waals surface area contributed by atoms with Gasteiger partial charge in [0.05, 0.1) is 5.02 Å². The molecule has 5 rings (SSSR count). The van der Waals surface area contributed by atoms with Crippen molar-refractivity contribution in [2.75, 3.05) is 5.32 Å². The van der Waals surface area contributed by atoms with E-state index in [1.165, 1.54) is 11.3 Å². The first-order valence-electron chi connectivity index (χ1n) is 9.71. The zero-order chi connectivity index (χ0) is 23.1. The third-order valence-electron chi connectivity index (χ3n) is 4.91. The standard InChI is InChI=1S/C23H14Cl2N4O2S2/c1-11-9-12(22-28-20-16(31-22)3-2-8-26-20)4-7-15(11)27-23(32)29-21(30)19-18(25)14-6-5-13(24)10-17(14)33-19/h2-10H,1H3,(H2,27,29,30,32). The van der Waals surface area contributed by atoms with E-state index in [0.717, 1.165) is 26.9 Å². The number of hydrogen-bond donors (Lipinski definition) is 2. The Morgan fingerprint density at radius 3 is 2.79 bits per heavy atom. The first kappa shape index (κ1) is 21.8. The summed E-state index contributed by atoms with van der Waals surface area (Å²) < 4.78 is 6.61. The number of pyridine rings is 1. The van der Waals surface area contributed by atoms with Crippen LogP contribution in [0.3, 0.4) is 0 Å². The van der Waals surface area contributed by atoms with Crippen molar-refractivity contribution in [3.63, 3.8) is 0 Å². The third kappa shape index (κ3) is 4.30. The van der Waals surface area contributed by atoms with E-state index in [-0.39, 0.29) is 11.0 Å². The van der Waals surface area contributed by atoms with Crippen LogP contribution in [-0.2, 0) is 0 Å². The second-order valence-corrected chi connectivity index (χ2v) is 9.44. The fourth-order valence-electron chi connectivity index (χ4n) is 3.33. The fraction of sp³-hybridized carbons (Fsp3) is 0.0435. The molecule has 6 nitrogen and oxygen atoms in total. The fourth-order valence-corrected chi connectivity index (χ4v) is 5.22. The van der Waals surface area contributed by atoms with E-state index in [4.69, 9.17) is 39.8 Å². The molecule has 0 aliphatic rings. The maximum absolute atomic E-state index is 12.8. The monoisotopic (exact) mass is 512 g/mol. The van der Waals surface area contributed by atoms with Crippen molar-refractivity contribution in [1.82, 2.24) is 15.3 Å². The van der Waals surface area contributed by atoms with Gasteiger partial charge in [-0.3, -0.25) is 10.1 Å². The molecule has 3 heterocycles. The summed E-state index contributed by atoms with van der Waals surface area (Å²) in [7, 11) is 0. The first-order chi connectivity index (χ1) is 15.9. The number of aromatic nitrogens is 2. The van der Waals surface area contributed by atoms with E-state index in [9.17, 15) is 4.79 Å². The zero-order valence-corrected chi connectivity index (χ0v) is 20.1. The smallest absolute Gasteiger partial charge is 0.269 e. The van der Waals surface area contributed by atoms with Gasteiger partial charge < -0.3 is 9.73 Å². The van der Waals surface area contributed by atoms with E-state index in [1.807, 2.05) is 31.2 Å².